The van der Waals surface area contributed by atoms with E-state index in [4.69, 9.17) is 9.90 Å². The molecule has 0 bridgehead atoms. The molecule has 0 unspecified atom stereocenters. The van der Waals surface area contributed by atoms with Gasteiger partial charge in [-0.05, 0) is 6.92 Å². The number of carboxylic acid groups (broad SMARTS) is 1. The largest absolute Gasteiger partial charge is 1.00 e. The van der Waals surface area contributed by atoms with E-state index in [0.29, 0.717) is 13.2 Å². The first-order valence-corrected chi connectivity index (χ1v) is 2.80. The maximum absolute atomic E-state index is 8.89. The van der Waals surface area contributed by atoms with E-state index < -0.39 is 5.97 Å². The Morgan fingerprint density at radius 2 is 1.45 bits per heavy atom. The van der Waals surface area contributed by atoms with E-state index in [9.17, 15) is 0 Å². The fraction of sp³-hybridized carbons (Fsp3) is 0.833. The summed E-state index contributed by atoms with van der Waals surface area (Å²) in [4.78, 5) is 8.89. The number of carbonyl (C=O) groups excluding carboxylic acids is 1. The van der Waals surface area contributed by atoms with Crippen molar-refractivity contribution < 1.29 is 48.9 Å². The van der Waals surface area contributed by atoms with Crippen molar-refractivity contribution in [3.05, 3.63) is 0 Å². The van der Waals surface area contributed by atoms with E-state index in [-0.39, 0.29) is 29.6 Å². The quantitative estimate of drug-likeness (QED) is 0.322. The summed E-state index contributed by atoms with van der Waals surface area (Å²) in [7, 11) is 3.30. The predicted molar refractivity (Wildman–Crippen MR) is 34.4 cm³/mol. The summed E-state index contributed by atoms with van der Waals surface area (Å²) in [5.74, 6) is -1.08. The van der Waals surface area contributed by atoms with Crippen molar-refractivity contribution in [3.8, 4) is 0 Å². The zero-order valence-electron chi connectivity index (χ0n) is 7.55. The normalized spacial score (nSPS) is 7.18. The summed E-state index contributed by atoms with van der Waals surface area (Å²) < 4.78 is 9.31. The van der Waals surface area contributed by atoms with Crippen molar-refractivity contribution in [3.63, 3.8) is 0 Å². The molecule has 0 N–H and O–H groups in total. The summed E-state index contributed by atoms with van der Waals surface area (Å²) in [6.45, 7) is 2.35. The van der Waals surface area contributed by atoms with Gasteiger partial charge in [0, 0.05) is 20.2 Å². The fourth-order valence-electron chi connectivity index (χ4n) is 0.167. The Balaban J connectivity index is -0.000000114. The van der Waals surface area contributed by atoms with Crippen molar-refractivity contribution >= 4 is 5.97 Å². The molecule has 62 valence electrons. The molecule has 0 spiro atoms. The van der Waals surface area contributed by atoms with Gasteiger partial charge in [0.25, 0.3) is 0 Å². The number of ether oxygens (including phenoxy) is 2. The van der Waals surface area contributed by atoms with Crippen LogP contribution in [-0.4, -0.2) is 33.4 Å². The second kappa shape index (κ2) is 16.8. The van der Waals surface area contributed by atoms with Crippen molar-refractivity contribution in [1.82, 2.24) is 0 Å². The van der Waals surface area contributed by atoms with E-state index in [1.807, 2.05) is 0 Å². The van der Waals surface area contributed by atoms with Gasteiger partial charge in [-0.2, -0.15) is 0 Å². The van der Waals surface area contributed by atoms with Gasteiger partial charge in [0.1, 0.15) is 0 Å². The predicted octanol–water partition coefficient (Wildman–Crippen LogP) is -3.96. The average molecular weight is 172 g/mol. The van der Waals surface area contributed by atoms with Crippen LogP contribution in [0.15, 0.2) is 0 Å². The minimum absolute atomic E-state index is 0. The van der Waals surface area contributed by atoms with Crippen LogP contribution in [0.1, 0.15) is 6.92 Å². The number of carbonyl (C=O) groups is 1. The molecule has 0 amide bonds. The van der Waals surface area contributed by atoms with Crippen LogP contribution in [0.2, 0.25) is 0 Å². The summed E-state index contributed by atoms with van der Waals surface area (Å²) >= 11 is 0. The third kappa shape index (κ3) is 63.6. The molecule has 5 heteroatoms. The first kappa shape index (κ1) is 17.5. The first-order valence-electron chi connectivity index (χ1n) is 2.80. The molecule has 4 nitrogen and oxygen atoms in total. The Hall–Kier alpha value is 0.390. The van der Waals surface area contributed by atoms with Crippen molar-refractivity contribution in [1.29, 1.82) is 0 Å². The van der Waals surface area contributed by atoms with E-state index >= 15 is 0 Å². The Labute approximate surface area is 89.2 Å². The van der Waals surface area contributed by atoms with Crippen LogP contribution in [0, 0.1) is 0 Å². The maximum Gasteiger partial charge on any atom is 1.00 e. The topological polar surface area (TPSA) is 58.6 Å². The fourth-order valence-corrected chi connectivity index (χ4v) is 0.167. The molecule has 0 atom stereocenters. The van der Waals surface area contributed by atoms with Crippen molar-refractivity contribution in [2.45, 2.75) is 6.92 Å². The summed E-state index contributed by atoms with van der Waals surface area (Å²) in [6.07, 6.45) is 0. The monoisotopic (exact) mass is 172 g/mol. The van der Waals surface area contributed by atoms with Gasteiger partial charge in [0.05, 0.1) is 13.2 Å². The molecule has 0 aliphatic carbocycles. The molecular formula is C6H13NaO4. The van der Waals surface area contributed by atoms with Gasteiger partial charge >= 0.3 is 29.6 Å². The van der Waals surface area contributed by atoms with Crippen LogP contribution in [0.5, 0.6) is 0 Å². The smallest absolute Gasteiger partial charge is 0.550 e. The van der Waals surface area contributed by atoms with Crippen LogP contribution < -0.4 is 34.7 Å². The first-order chi connectivity index (χ1) is 4.65. The zero-order valence-corrected chi connectivity index (χ0v) is 9.55. The second-order valence-corrected chi connectivity index (χ2v) is 1.48. The molecule has 0 heterocycles. The molecule has 0 saturated heterocycles. The number of carboxylic acids is 1. The summed E-state index contributed by atoms with van der Waals surface area (Å²) in [5, 5.41) is 8.89. The molecule has 0 aliphatic rings. The second-order valence-electron chi connectivity index (χ2n) is 1.48. The molecule has 0 aromatic heterocycles. The molecule has 0 aromatic rings. The summed E-state index contributed by atoms with van der Waals surface area (Å²) in [5.41, 5.74) is 0. The molecule has 11 heavy (non-hydrogen) atoms. The minimum Gasteiger partial charge on any atom is -0.550 e. The van der Waals surface area contributed by atoms with Crippen LogP contribution in [0.4, 0.5) is 0 Å². The van der Waals surface area contributed by atoms with E-state index in [2.05, 4.69) is 9.47 Å². The SMILES string of the molecule is CC(=O)[O-].COCCOC.[Na+]. The van der Waals surface area contributed by atoms with Crippen LogP contribution in [-0.2, 0) is 14.3 Å². The number of aliphatic carboxylic acids is 1. The van der Waals surface area contributed by atoms with Gasteiger partial charge in [-0.3, -0.25) is 0 Å². The van der Waals surface area contributed by atoms with Gasteiger partial charge in [0.2, 0.25) is 0 Å². The number of rotatable bonds is 3. The Kier molecular flexibility index (Phi) is 26.6. The van der Waals surface area contributed by atoms with Crippen molar-refractivity contribution in [2.24, 2.45) is 0 Å². The molecular weight excluding hydrogens is 159 g/mol. The number of hydrogen-bond acceptors (Lipinski definition) is 4. The summed E-state index contributed by atoms with van der Waals surface area (Å²) in [6, 6.07) is 0. The van der Waals surface area contributed by atoms with Gasteiger partial charge < -0.3 is 19.4 Å². The van der Waals surface area contributed by atoms with E-state index in [0.717, 1.165) is 6.92 Å². The van der Waals surface area contributed by atoms with E-state index in [1.54, 1.807) is 14.2 Å². The van der Waals surface area contributed by atoms with Gasteiger partial charge in [-0.1, -0.05) is 0 Å². The van der Waals surface area contributed by atoms with Gasteiger partial charge in [-0.15, -0.1) is 0 Å². The molecule has 0 fully saturated rings. The van der Waals surface area contributed by atoms with Gasteiger partial charge in [0.15, 0.2) is 0 Å². The molecule has 0 aliphatic heterocycles. The molecule has 0 rings (SSSR count). The number of methoxy groups -OCH3 is 2. The third-order valence-corrected chi connectivity index (χ3v) is 0.492. The van der Waals surface area contributed by atoms with Crippen LogP contribution in [0.3, 0.4) is 0 Å². The minimum atomic E-state index is -1.08. The van der Waals surface area contributed by atoms with Crippen molar-refractivity contribution in [2.75, 3.05) is 27.4 Å². The van der Waals surface area contributed by atoms with Gasteiger partial charge in [-0.25, -0.2) is 0 Å². The third-order valence-electron chi connectivity index (χ3n) is 0.492. The Morgan fingerprint density at radius 3 is 1.55 bits per heavy atom. The zero-order chi connectivity index (χ0) is 8.41. The number of hydrogen-bond donors (Lipinski definition) is 0. The average Bonchev–Trinajstić information content (AvgIpc) is 1.82. The maximum atomic E-state index is 8.89. The van der Waals surface area contributed by atoms with E-state index in [1.165, 1.54) is 0 Å². The Morgan fingerprint density at radius 1 is 1.27 bits per heavy atom. The Bertz CT molecular complexity index is 69.0. The van der Waals surface area contributed by atoms with Crippen LogP contribution >= 0.6 is 0 Å². The standard InChI is InChI=1S/C4H10O2.C2H4O2.Na/c1-5-3-4-6-2;1-2(3)4;/h3-4H2,1-2H3;1H3,(H,3,4);/q;;+1/p-1. The molecule has 0 radical (unpaired) electrons. The molecule has 0 saturated carbocycles. The molecule has 0 aromatic carbocycles. The van der Waals surface area contributed by atoms with Crippen LogP contribution in [0.25, 0.3) is 0 Å².